The van der Waals surface area contributed by atoms with Gasteiger partial charge in [-0.1, -0.05) is 88.0 Å². The van der Waals surface area contributed by atoms with Gasteiger partial charge < -0.3 is 14.4 Å². The number of aromatic nitrogens is 3. The Labute approximate surface area is 319 Å². The van der Waals surface area contributed by atoms with Crippen LogP contribution in [0.2, 0.25) is 0 Å². The molecular formula is C45H41IrN3OS-2. The topological polar surface area (TPSA) is 51.8 Å². The van der Waals surface area contributed by atoms with Crippen molar-refractivity contribution in [3.05, 3.63) is 137 Å². The average Bonchev–Trinajstić information content (AvgIpc) is 3.72. The van der Waals surface area contributed by atoms with Crippen molar-refractivity contribution >= 4 is 43.5 Å². The Morgan fingerprint density at radius 3 is 2.20 bits per heavy atom. The van der Waals surface area contributed by atoms with E-state index in [1.165, 1.54) is 16.7 Å². The zero-order valence-electron chi connectivity index (χ0n) is 31.2. The molecule has 0 fully saturated rings. The summed E-state index contributed by atoms with van der Waals surface area (Å²) in [6, 6.07) is 35.1. The number of fused-ring (bicyclic) bond motifs is 5. The van der Waals surface area contributed by atoms with Crippen LogP contribution in [0.4, 0.5) is 0 Å². The molecule has 4 nitrogen and oxygen atoms in total. The van der Waals surface area contributed by atoms with Crippen LogP contribution in [-0.4, -0.2) is 15.0 Å². The van der Waals surface area contributed by atoms with Gasteiger partial charge >= 0.3 is 0 Å². The maximum Gasteiger partial charge on any atom is 0.148 e. The van der Waals surface area contributed by atoms with E-state index in [1.807, 2.05) is 81.7 Å². The van der Waals surface area contributed by atoms with Gasteiger partial charge in [-0.15, -0.1) is 65.4 Å². The molecule has 4 aromatic carbocycles. The molecule has 0 N–H and O–H groups in total. The van der Waals surface area contributed by atoms with Crippen LogP contribution in [0.15, 0.2) is 102 Å². The third-order valence-electron chi connectivity index (χ3n) is 8.95. The fraction of sp³-hybridized carbons (Fsp3) is 0.222. The molecule has 0 saturated carbocycles. The van der Waals surface area contributed by atoms with Gasteiger partial charge in [0, 0.05) is 50.2 Å². The Morgan fingerprint density at radius 1 is 0.784 bits per heavy atom. The standard InChI is InChI=1S/C33H31N2OS.C12H10N.Ir/c1-18(2)24-16-26(34-17-25(24)28-19(3)10-8-11-20(28)4)23-13-9-12-21-22-14-15-27-29(31(22)36-30(21)23)35-32(37-27)33(5,6)7;1-10-7-8-12(13-9-10)11-5-3-2-4-6-11;/h8-12,14-18H,1-7H3;2-5,7-9H,1H3;/q2*-1;/i18D;;. The summed E-state index contributed by atoms with van der Waals surface area (Å²) in [4.78, 5) is 14.2. The largest absolute Gasteiger partial charge is 0.498 e. The molecule has 0 saturated heterocycles. The molecule has 0 amide bonds. The summed E-state index contributed by atoms with van der Waals surface area (Å²) in [6.07, 6.45) is 3.79. The summed E-state index contributed by atoms with van der Waals surface area (Å²) in [7, 11) is 0. The minimum atomic E-state index is -0.820. The SMILES string of the molecule is Cc1ccc(-c2[c-]cccc2)nc1.[2H]C(C)(C)c1cc(-c2[c-]ccc3c2oc2c3ccc3sc(C(C)(C)C)nc32)ncc1-c1c(C)cccc1C.[Ir]. The Morgan fingerprint density at radius 2 is 1.53 bits per heavy atom. The van der Waals surface area contributed by atoms with E-state index in [1.54, 1.807) is 11.3 Å². The summed E-state index contributed by atoms with van der Waals surface area (Å²) in [6.45, 7) is 16.7. The first-order chi connectivity index (χ1) is 24.3. The number of hydrogen-bond acceptors (Lipinski definition) is 5. The first-order valence-corrected chi connectivity index (χ1v) is 17.8. The first kappa shape index (κ1) is 34.9. The molecule has 8 aromatic rings. The Balaban J connectivity index is 0.000000279. The van der Waals surface area contributed by atoms with E-state index in [9.17, 15) is 0 Å². The maximum absolute atomic E-state index is 8.99. The molecule has 0 atom stereocenters. The van der Waals surface area contributed by atoms with Gasteiger partial charge in [0.25, 0.3) is 0 Å². The molecule has 8 rings (SSSR count). The van der Waals surface area contributed by atoms with E-state index >= 15 is 0 Å². The van der Waals surface area contributed by atoms with Crippen LogP contribution in [-0.2, 0) is 25.5 Å². The van der Waals surface area contributed by atoms with Crippen LogP contribution in [0.1, 0.15) is 69.1 Å². The Kier molecular flexibility index (Phi) is 10.0. The van der Waals surface area contributed by atoms with E-state index in [4.69, 9.17) is 15.8 Å². The van der Waals surface area contributed by atoms with Crippen LogP contribution in [0, 0.1) is 32.9 Å². The molecular weight excluding hydrogens is 823 g/mol. The number of pyridine rings is 2. The number of thiazole rings is 1. The molecule has 6 heteroatoms. The van der Waals surface area contributed by atoms with Gasteiger partial charge in [-0.25, -0.2) is 4.98 Å². The summed E-state index contributed by atoms with van der Waals surface area (Å²) in [5.74, 6) is -0.820. The predicted octanol–water partition coefficient (Wildman–Crippen LogP) is 12.6. The first-order valence-electron chi connectivity index (χ1n) is 17.4. The van der Waals surface area contributed by atoms with E-state index < -0.39 is 5.89 Å². The fourth-order valence-corrected chi connectivity index (χ4v) is 7.35. The summed E-state index contributed by atoms with van der Waals surface area (Å²) in [5, 5.41) is 3.16. The second kappa shape index (κ2) is 14.6. The quantitative estimate of drug-likeness (QED) is 0.165. The summed E-state index contributed by atoms with van der Waals surface area (Å²) >= 11 is 1.72. The minimum Gasteiger partial charge on any atom is -0.498 e. The number of aryl methyl sites for hydroxylation is 3. The van der Waals surface area contributed by atoms with Crippen LogP contribution in [0.3, 0.4) is 0 Å². The van der Waals surface area contributed by atoms with Gasteiger partial charge in [-0.2, -0.15) is 0 Å². The van der Waals surface area contributed by atoms with Crippen molar-refractivity contribution in [3.8, 4) is 33.6 Å². The van der Waals surface area contributed by atoms with E-state index in [2.05, 4.69) is 88.1 Å². The summed E-state index contributed by atoms with van der Waals surface area (Å²) < 4.78 is 16.7. The van der Waals surface area contributed by atoms with Crippen LogP contribution in [0.5, 0.6) is 0 Å². The normalized spacial score (nSPS) is 12.0. The molecule has 0 unspecified atom stereocenters. The van der Waals surface area contributed by atoms with Crippen molar-refractivity contribution in [2.75, 3.05) is 0 Å². The van der Waals surface area contributed by atoms with Crippen LogP contribution < -0.4 is 0 Å². The molecule has 0 aliphatic carbocycles. The van der Waals surface area contributed by atoms with E-state index in [0.717, 1.165) is 76.4 Å². The second-order valence-corrected chi connectivity index (χ2v) is 15.2. The van der Waals surface area contributed by atoms with Crippen molar-refractivity contribution in [2.45, 2.75) is 66.7 Å². The van der Waals surface area contributed by atoms with Gasteiger partial charge in [-0.3, -0.25) is 0 Å². The third-order valence-corrected chi connectivity index (χ3v) is 10.4. The van der Waals surface area contributed by atoms with Crippen molar-refractivity contribution in [1.29, 1.82) is 0 Å². The molecule has 0 spiro atoms. The zero-order chi connectivity index (χ0) is 36.1. The van der Waals surface area contributed by atoms with Gasteiger partial charge in [0.05, 0.1) is 15.3 Å². The monoisotopic (exact) mass is 865 g/mol. The number of rotatable bonds is 4. The number of furan rings is 1. The molecule has 4 heterocycles. The molecule has 4 aromatic heterocycles. The summed E-state index contributed by atoms with van der Waals surface area (Å²) in [5.41, 5.74) is 12.6. The number of nitrogens with zero attached hydrogens (tertiary/aromatic N) is 3. The average molecular weight is 865 g/mol. The smallest absolute Gasteiger partial charge is 0.148 e. The van der Waals surface area contributed by atoms with Crippen molar-refractivity contribution in [2.24, 2.45) is 0 Å². The molecule has 259 valence electrons. The molecule has 51 heavy (non-hydrogen) atoms. The van der Waals surface area contributed by atoms with Crippen LogP contribution in [0.25, 0.3) is 65.8 Å². The Bertz CT molecular complexity index is 2500. The van der Waals surface area contributed by atoms with Crippen LogP contribution >= 0.6 is 11.3 Å². The van der Waals surface area contributed by atoms with Gasteiger partial charge in [0.15, 0.2) is 0 Å². The van der Waals surface area contributed by atoms with Crippen molar-refractivity contribution < 1.29 is 25.9 Å². The molecule has 0 aliphatic rings. The second-order valence-electron chi connectivity index (χ2n) is 14.1. The number of hydrogen-bond donors (Lipinski definition) is 0. The molecule has 0 bridgehead atoms. The Hall–Kier alpha value is -4.48. The van der Waals surface area contributed by atoms with E-state index in [0.29, 0.717) is 0 Å². The zero-order valence-corrected chi connectivity index (χ0v) is 33.4. The van der Waals surface area contributed by atoms with Crippen molar-refractivity contribution in [1.82, 2.24) is 15.0 Å². The maximum atomic E-state index is 8.99. The third kappa shape index (κ3) is 7.19. The van der Waals surface area contributed by atoms with Crippen molar-refractivity contribution in [3.63, 3.8) is 0 Å². The van der Waals surface area contributed by atoms with Gasteiger partial charge in [0.2, 0.25) is 0 Å². The molecule has 0 aliphatic heterocycles. The van der Waals surface area contributed by atoms with E-state index in [-0.39, 0.29) is 25.5 Å². The van der Waals surface area contributed by atoms with Gasteiger partial charge in [-0.05, 0) is 71.9 Å². The fourth-order valence-electron chi connectivity index (χ4n) is 6.32. The van der Waals surface area contributed by atoms with Gasteiger partial charge in [0.1, 0.15) is 11.1 Å². The minimum absolute atomic E-state index is 0. The number of benzene rings is 4. The predicted molar refractivity (Wildman–Crippen MR) is 210 cm³/mol. The molecule has 1 radical (unpaired) electrons.